The number of hydrogen-bond acceptors (Lipinski definition) is 5. The Hall–Kier alpha value is -2.27. The quantitative estimate of drug-likeness (QED) is 0.503. The first-order valence-corrected chi connectivity index (χ1v) is 8.25. The van der Waals surface area contributed by atoms with Crippen molar-refractivity contribution in [2.45, 2.75) is 18.9 Å². The highest BCUT2D eigenvalue weighted by atomic mass is 15.0. The van der Waals surface area contributed by atoms with Gasteiger partial charge in [0, 0.05) is 54.7 Å². The summed E-state index contributed by atoms with van der Waals surface area (Å²) in [6.45, 7) is 2.98. The fourth-order valence-electron chi connectivity index (χ4n) is 3.17. The Balaban J connectivity index is 2.02. The van der Waals surface area contributed by atoms with E-state index in [4.69, 9.17) is 5.41 Å². The molecule has 0 amide bonds. The number of anilines is 1. The lowest BCUT2D eigenvalue weighted by Crippen LogP contribution is -2.40. The van der Waals surface area contributed by atoms with E-state index in [1.807, 2.05) is 13.2 Å². The number of nitrogens with one attached hydrogen (secondary N) is 5. The highest BCUT2D eigenvalue weighted by Crippen LogP contribution is 2.15. The molecule has 2 heterocycles. The van der Waals surface area contributed by atoms with Crippen LogP contribution in [0.5, 0.6) is 0 Å². The average molecular weight is 311 g/mol. The zero-order chi connectivity index (χ0) is 16.1. The van der Waals surface area contributed by atoms with E-state index in [0.29, 0.717) is 6.04 Å². The van der Waals surface area contributed by atoms with Gasteiger partial charge in [-0.25, -0.2) is 0 Å². The molecule has 122 valence electrons. The molecule has 0 aromatic heterocycles. The molecule has 23 heavy (non-hydrogen) atoms. The first kappa shape index (κ1) is 15.6. The maximum absolute atomic E-state index is 7.67. The summed E-state index contributed by atoms with van der Waals surface area (Å²) >= 11 is 0. The van der Waals surface area contributed by atoms with Gasteiger partial charge in [-0.3, -0.25) is 0 Å². The third-order valence-electron chi connectivity index (χ3n) is 4.39. The monoisotopic (exact) mass is 311 g/mol. The molecule has 1 saturated heterocycles. The fourth-order valence-corrected chi connectivity index (χ4v) is 3.17. The first-order valence-electron chi connectivity index (χ1n) is 8.25. The van der Waals surface area contributed by atoms with Crippen molar-refractivity contribution in [1.29, 1.82) is 5.41 Å². The number of allylic oxidation sites excluding steroid dienone is 1. The van der Waals surface area contributed by atoms with Crippen LogP contribution in [0.1, 0.15) is 18.4 Å². The van der Waals surface area contributed by atoms with E-state index in [-0.39, 0.29) is 0 Å². The Morgan fingerprint density at radius 3 is 2.87 bits per heavy atom. The summed E-state index contributed by atoms with van der Waals surface area (Å²) < 4.78 is 0. The molecule has 0 aliphatic carbocycles. The summed E-state index contributed by atoms with van der Waals surface area (Å²) in [5.74, 6) is 0. The Labute approximate surface area is 137 Å². The van der Waals surface area contributed by atoms with Gasteiger partial charge in [-0.05, 0) is 48.8 Å². The Morgan fingerprint density at radius 2 is 2.13 bits per heavy atom. The molecule has 0 radical (unpaired) electrons. The lowest BCUT2D eigenvalue weighted by Gasteiger charge is -2.25. The molecule has 0 saturated carbocycles. The molecule has 5 heteroatoms. The third kappa shape index (κ3) is 3.56. The van der Waals surface area contributed by atoms with E-state index in [2.05, 4.69) is 45.7 Å². The Kier molecular flexibility index (Phi) is 4.98. The van der Waals surface area contributed by atoms with Crippen molar-refractivity contribution in [2.24, 2.45) is 0 Å². The van der Waals surface area contributed by atoms with Gasteiger partial charge in [0.15, 0.2) is 0 Å². The second-order valence-electron chi connectivity index (χ2n) is 5.98. The maximum Gasteiger partial charge on any atom is 0.0442 e. The van der Waals surface area contributed by atoms with Crippen molar-refractivity contribution in [2.75, 3.05) is 32.0 Å². The van der Waals surface area contributed by atoms with Gasteiger partial charge in [0.2, 0.25) is 0 Å². The van der Waals surface area contributed by atoms with Gasteiger partial charge in [-0.2, -0.15) is 0 Å². The molecular weight excluding hydrogens is 286 g/mol. The van der Waals surface area contributed by atoms with E-state index >= 15 is 0 Å². The number of rotatable bonds is 5. The van der Waals surface area contributed by atoms with Crippen molar-refractivity contribution in [3.63, 3.8) is 0 Å². The predicted molar refractivity (Wildman–Crippen MR) is 98.0 cm³/mol. The van der Waals surface area contributed by atoms with Crippen LogP contribution in [0, 0.1) is 5.41 Å². The highest BCUT2D eigenvalue weighted by Gasteiger charge is 2.14. The lowest BCUT2D eigenvalue weighted by molar-refractivity contribution is 0.479. The van der Waals surface area contributed by atoms with Crippen molar-refractivity contribution in [3.8, 4) is 0 Å². The molecule has 0 atom stereocenters. The predicted octanol–water partition coefficient (Wildman–Crippen LogP) is 0.182. The normalized spacial score (nSPS) is 18.0. The topological polar surface area (TPSA) is 72.0 Å². The van der Waals surface area contributed by atoms with Crippen LogP contribution in [0.3, 0.4) is 0 Å². The second kappa shape index (κ2) is 7.33. The van der Waals surface area contributed by atoms with Crippen LogP contribution in [-0.2, 0) is 0 Å². The lowest BCUT2D eigenvalue weighted by atomic mass is 10.0. The molecule has 2 aliphatic heterocycles. The van der Waals surface area contributed by atoms with Crippen molar-refractivity contribution < 1.29 is 0 Å². The standard InChI is InChI=1S/C18H25N5/c1-20-11-15(10-19)14-8-13-2-5-22-12-17(13)18(9-14)23-16-3-6-21-7-4-16/h2,8-12,16,19-23H,3-7H2,1H3/b15-11+,19-10?. The fraction of sp³-hybridized carbons (Fsp3) is 0.389. The van der Waals surface area contributed by atoms with E-state index in [1.54, 1.807) is 0 Å². The van der Waals surface area contributed by atoms with Gasteiger partial charge < -0.3 is 26.7 Å². The van der Waals surface area contributed by atoms with Gasteiger partial charge in [-0.15, -0.1) is 0 Å². The molecule has 3 rings (SSSR count). The largest absolute Gasteiger partial charge is 0.393 e. The molecule has 0 unspecified atom stereocenters. The number of hydrogen-bond donors (Lipinski definition) is 5. The van der Waals surface area contributed by atoms with E-state index in [0.717, 1.165) is 49.3 Å². The molecule has 2 aliphatic rings. The Morgan fingerprint density at radius 1 is 1.30 bits per heavy atom. The summed E-state index contributed by atoms with van der Waals surface area (Å²) in [6.07, 6.45) is 9.84. The van der Waals surface area contributed by atoms with Gasteiger partial charge in [-0.1, -0.05) is 6.08 Å². The minimum absolute atomic E-state index is 0.502. The molecule has 1 aromatic carbocycles. The zero-order valence-electron chi connectivity index (χ0n) is 13.6. The molecule has 1 aromatic rings. The van der Waals surface area contributed by atoms with Crippen LogP contribution in [-0.4, -0.2) is 38.9 Å². The summed E-state index contributed by atoms with van der Waals surface area (Å²) in [5, 5.41) is 23.6. The third-order valence-corrected chi connectivity index (χ3v) is 4.39. The first-order chi connectivity index (χ1) is 11.3. The van der Waals surface area contributed by atoms with Crippen molar-refractivity contribution in [1.82, 2.24) is 16.0 Å². The molecule has 0 spiro atoms. The summed E-state index contributed by atoms with van der Waals surface area (Å²) in [7, 11) is 1.86. The number of fused-ring (bicyclic) bond motifs is 1. The smallest absolute Gasteiger partial charge is 0.0442 e. The minimum Gasteiger partial charge on any atom is -0.393 e. The highest BCUT2D eigenvalue weighted by molar-refractivity contribution is 6.08. The number of piperidine rings is 1. The minimum atomic E-state index is 0.502. The molecule has 5 N–H and O–H groups in total. The molecule has 5 nitrogen and oxygen atoms in total. The van der Waals surface area contributed by atoms with E-state index in [9.17, 15) is 0 Å². The molecule has 0 bridgehead atoms. The maximum atomic E-state index is 7.67. The summed E-state index contributed by atoms with van der Waals surface area (Å²) in [4.78, 5) is 0. The van der Waals surface area contributed by atoms with Gasteiger partial charge in [0.25, 0.3) is 0 Å². The number of benzene rings is 1. The SMILES string of the molecule is CN/C=C(\C=N)c1cc(NC2CCNCC2)c2c(c1)=CCNC=2. The van der Waals surface area contributed by atoms with Gasteiger partial charge >= 0.3 is 0 Å². The van der Waals surface area contributed by atoms with Crippen molar-refractivity contribution >= 4 is 29.8 Å². The van der Waals surface area contributed by atoms with Crippen LogP contribution < -0.4 is 31.7 Å². The summed E-state index contributed by atoms with van der Waals surface area (Å²) in [6, 6.07) is 4.82. The molecule has 1 fully saturated rings. The van der Waals surface area contributed by atoms with Crippen molar-refractivity contribution in [3.05, 3.63) is 34.3 Å². The van der Waals surface area contributed by atoms with Crippen LogP contribution in [0.2, 0.25) is 0 Å². The second-order valence-corrected chi connectivity index (χ2v) is 5.98. The van der Waals surface area contributed by atoms with Crippen LogP contribution in [0.25, 0.3) is 17.8 Å². The van der Waals surface area contributed by atoms with E-state index in [1.165, 1.54) is 16.7 Å². The van der Waals surface area contributed by atoms with Gasteiger partial charge in [0.1, 0.15) is 0 Å². The van der Waals surface area contributed by atoms with E-state index < -0.39 is 0 Å². The van der Waals surface area contributed by atoms with Gasteiger partial charge in [0.05, 0.1) is 0 Å². The zero-order valence-corrected chi connectivity index (χ0v) is 13.6. The molecular formula is C18H25N5. The Bertz CT molecular complexity index is 714. The van der Waals surface area contributed by atoms with Crippen LogP contribution in [0.15, 0.2) is 18.3 Å². The summed E-state index contributed by atoms with van der Waals surface area (Å²) in [5.41, 5.74) is 3.10. The average Bonchev–Trinajstić information content (AvgIpc) is 2.60. The van der Waals surface area contributed by atoms with Crippen LogP contribution in [0.4, 0.5) is 5.69 Å². The van der Waals surface area contributed by atoms with Crippen LogP contribution >= 0.6 is 0 Å².